The van der Waals surface area contributed by atoms with E-state index >= 15 is 0 Å². The Hall–Kier alpha value is -3.02. The topological polar surface area (TPSA) is 173 Å². The minimum absolute atomic E-state index is 0.242. The Labute approximate surface area is 209 Å². The van der Waals surface area contributed by atoms with Crippen LogP contribution in [0.1, 0.15) is 59.3 Å². The number of hydrogen-bond donors (Lipinski definition) is 4. The van der Waals surface area contributed by atoms with Crippen molar-refractivity contribution in [3.05, 3.63) is 0 Å². The number of nitrogens with zero attached hydrogens (tertiary/aromatic N) is 2. The Morgan fingerprint density at radius 3 is 2.00 bits per heavy atom. The van der Waals surface area contributed by atoms with Crippen LogP contribution in [0.2, 0.25) is 0 Å². The van der Waals surface area contributed by atoms with Crippen LogP contribution in [0.15, 0.2) is 0 Å². The molecule has 12 heteroatoms. The Morgan fingerprint density at radius 1 is 0.889 bits per heavy atom. The lowest BCUT2D eigenvalue weighted by Gasteiger charge is -2.33. The highest BCUT2D eigenvalue weighted by Gasteiger charge is 2.45. The normalized spacial score (nSPS) is 31.4. The quantitative estimate of drug-likeness (QED) is 0.376. The van der Waals surface area contributed by atoms with Gasteiger partial charge in [-0.2, -0.15) is 0 Å². The number of ketones is 1. The molecule has 3 aliphatic heterocycles. The van der Waals surface area contributed by atoms with Crippen LogP contribution < -0.4 is 10.6 Å². The Balaban J connectivity index is 2.03. The van der Waals surface area contributed by atoms with Gasteiger partial charge in [0.15, 0.2) is 5.78 Å². The lowest BCUT2D eigenvalue weighted by Crippen LogP contribution is -2.59. The minimum atomic E-state index is -1.42. The van der Waals surface area contributed by atoms with Crippen LogP contribution in [0.4, 0.5) is 0 Å². The number of carboxylic acid groups (broad SMARTS) is 1. The number of carboxylic acids is 1. The molecular formula is C24H36N4O8. The maximum atomic E-state index is 13.5. The van der Waals surface area contributed by atoms with Gasteiger partial charge in [0, 0.05) is 19.5 Å². The van der Waals surface area contributed by atoms with E-state index in [2.05, 4.69) is 10.6 Å². The van der Waals surface area contributed by atoms with Gasteiger partial charge < -0.3 is 30.6 Å². The van der Waals surface area contributed by atoms with Crippen LogP contribution in [0.3, 0.4) is 0 Å². The van der Waals surface area contributed by atoms with Crippen LogP contribution in [0, 0.1) is 11.8 Å². The Bertz CT molecular complexity index is 920. The monoisotopic (exact) mass is 508 g/mol. The van der Waals surface area contributed by atoms with Crippen LogP contribution in [-0.2, 0) is 28.8 Å². The van der Waals surface area contributed by atoms with Gasteiger partial charge in [-0.15, -0.1) is 0 Å². The summed E-state index contributed by atoms with van der Waals surface area (Å²) in [5.41, 5.74) is 0. The van der Waals surface area contributed by atoms with E-state index in [0.29, 0.717) is 32.2 Å². The number of aliphatic carboxylic acids is 1. The van der Waals surface area contributed by atoms with Gasteiger partial charge in [-0.1, -0.05) is 13.8 Å². The highest BCUT2D eigenvalue weighted by molar-refractivity contribution is 5.99. The van der Waals surface area contributed by atoms with Crippen LogP contribution in [0.25, 0.3) is 0 Å². The van der Waals surface area contributed by atoms with Crippen LogP contribution in [0.5, 0.6) is 0 Å². The summed E-state index contributed by atoms with van der Waals surface area (Å²) >= 11 is 0. The van der Waals surface area contributed by atoms with E-state index in [-0.39, 0.29) is 18.4 Å². The Kier molecular flexibility index (Phi) is 8.70. The number of aliphatic hydroxyl groups is 1. The fraction of sp³-hybridized carbons (Fsp3) is 0.750. The van der Waals surface area contributed by atoms with Gasteiger partial charge in [-0.05, 0) is 38.5 Å². The smallest absolute Gasteiger partial charge is 0.304 e. The average Bonchev–Trinajstić information content (AvgIpc) is 3.48. The second-order valence-electron chi connectivity index (χ2n) is 10.3. The molecule has 3 fully saturated rings. The molecular weight excluding hydrogens is 472 g/mol. The number of fused-ring (bicyclic) bond motifs is 2. The first-order chi connectivity index (χ1) is 16.9. The molecule has 0 aromatic rings. The molecule has 4 amide bonds. The van der Waals surface area contributed by atoms with Crippen molar-refractivity contribution in [2.75, 3.05) is 13.1 Å². The van der Waals surface area contributed by atoms with E-state index in [0.717, 1.165) is 0 Å². The molecule has 12 nitrogen and oxygen atoms in total. The highest BCUT2D eigenvalue weighted by Crippen LogP contribution is 2.27. The van der Waals surface area contributed by atoms with E-state index in [1.807, 2.05) is 0 Å². The zero-order valence-corrected chi connectivity index (χ0v) is 20.9. The van der Waals surface area contributed by atoms with Crippen molar-refractivity contribution >= 4 is 35.4 Å². The van der Waals surface area contributed by atoms with Gasteiger partial charge in [0.2, 0.25) is 23.6 Å². The number of aliphatic hydroxyl groups excluding tert-OH is 1. The molecule has 0 unspecified atom stereocenters. The van der Waals surface area contributed by atoms with Gasteiger partial charge in [0.05, 0.1) is 24.5 Å². The fourth-order valence-corrected chi connectivity index (χ4v) is 5.33. The van der Waals surface area contributed by atoms with E-state index < -0.39 is 78.5 Å². The number of amides is 4. The summed E-state index contributed by atoms with van der Waals surface area (Å²) in [4.78, 5) is 80.6. The molecule has 0 bridgehead atoms. The first-order valence-corrected chi connectivity index (χ1v) is 12.6. The second-order valence-corrected chi connectivity index (χ2v) is 10.3. The number of nitrogens with one attached hydrogen (secondary N) is 2. The second kappa shape index (κ2) is 11.4. The first-order valence-electron chi connectivity index (χ1n) is 12.6. The molecule has 0 spiro atoms. The number of carbonyl (C=O) groups is 6. The first kappa shape index (κ1) is 27.6. The standard InChI is InChI=1S/C24H36N4O8/c1-12(2)19-17(30)10-14(11-18(31)32)21(33)26-20(13(3)29)24(36)28-9-5-7-16(28)23(35)27-8-4-6-15(27)22(34)25-19/h12-16,19-20,29H,4-11H2,1-3H3,(H,25,34)(H,26,33)(H,31,32)/t13-,14+,15+,16+,19+,20+/m1/s1. The van der Waals surface area contributed by atoms with Gasteiger partial charge in [0.1, 0.15) is 18.1 Å². The zero-order chi connectivity index (χ0) is 26.7. The lowest BCUT2D eigenvalue weighted by molar-refractivity contribution is -0.149. The molecule has 0 saturated carbocycles. The van der Waals surface area contributed by atoms with E-state index in [4.69, 9.17) is 0 Å². The molecule has 4 N–H and O–H groups in total. The van der Waals surface area contributed by atoms with Crippen molar-refractivity contribution in [2.24, 2.45) is 11.8 Å². The van der Waals surface area contributed by atoms with Gasteiger partial charge in [-0.3, -0.25) is 28.8 Å². The summed E-state index contributed by atoms with van der Waals surface area (Å²) < 4.78 is 0. The minimum Gasteiger partial charge on any atom is -0.481 e. The predicted molar refractivity (Wildman–Crippen MR) is 125 cm³/mol. The molecule has 200 valence electrons. The van der Waals surface area contributed by atoms with Crippen molar-refractivity contribution in [1.29, 1.82) is 0 Å². The summed E-state index contributed by atoms with van der Waals surface area (Å²) in [5, 5.41) is 24.8. The summed E-state index contributed by atoms with van der Waals surface area (Å²) in [6, 6.07) is -4.04. The zero-order valence-electron chi connectivity index (χ0n) is 20.9. The van der Waals surface area contributed by atoms with Gasteiger partial charge >= 0.3 is 5.97 Å². The maximum absolute atomic E-state index is 13.5. The maximum Gasteiger partial charge on any atom is 0.304 e. The Morgan fingerprint density at radius 2 is 1.44 bits per heavy atom. The third kappa shape index (κ3) is 5.85. The molecule has 3 rings (SSSR count). The fourth-order valence-electron chi connectivity index (χ4n) is 5.33. The molecule has 36 heavy (non-hydrogen) atoms. The third-order valence-electron chi connectivity index (χ3n) is 7.26. The predicted octanol–water partition coefficient (Wildman–Crippen LogP) is -0.961. The molecule has 0 aliphatic carbocycles. The van der Waals surface area contributed by atoms with Gasteiger partial charge in [-0.25, -0.2) is 0 Å². The van der Waals surface area contributed by atoms with E-state index in [1.165, 1.54) is 16.7 Å². The molecule has 3 saturated heterocycles. The molecule has 0 aromatic carbocycles. The van der Waals surface area contributed by atoms with Crippen molar-refractivity contribution in [3.8, 4) is 0 Å². The van der Waals surface area contributed by atoms with Crippen molar-refractivity contribution < 1.29 is 39.0 Å². The third-order valence-corrected chi connectivity index (χ3v) is 7.26. The lowest BCUT2D eigenvalue weighted by atomic mass is 9.89. The van der Waals surface area contributed by atoms with Crippen molar-refractivity contribution in [1.82, 2.24) is 20.4 Å². The van der Waals surface area contributed by atoms with Gasteiger partial charge in [0.25, 0.3) is 0 Å². The summed E-state index contributed by atoms with van der Waals surface area (Å²) in [6.07, 6.45) is -0.544. The summed E-state index contributed by atoms with van der Waals surface area (Å²) in [7, 11) is 0. The van der Waals surface area contributed by atoms with E-state index in [9.17, 15) is 39.0 Å². The molecule has 0 radical (unpaired) electrons. The highest BCUT2D eigenvalue weighted by atomic mass is 16.4. The van der Waals surface area contributed by atoms with Crippen LogP contribution in [-0.4, -0.2) is 98.8 Å². The average molecular weight is 509 g/mol. The van der Waals surface area contributed by atoms with E-state index in [1.54, 1.807) is 13.8 Å². The SMILES string of the molecule is CC(C)[C@@H]1NC(=O)[C@@H]2CCCN2C(=O)[C@@H]2CCCN2C(=O)[C@H]([C@@H](C)O)NC(=O)[C@H](CC(=O)O)CC1=O. The van der Waals surface area contributed by atoms with Crippen molar-refractivity contribution in [2.45, 2.75) is 89.6 Å². The van der Waals surface area contributed by atoms with Crippen molar-refractivity contribution in [3.63, 3.8) is 0 Å². The molecule has 3 heterocycles. The largest absolute Gasteiger partial charge is 0.481 e. The number of Topliss-reactive ketones (excluding diaryl/α,β-unsaturated/α-hetero) is 1. The number of carbonyl (C=O) groups excluding carboxylic acids is 5. The van der Waals surface area contributed by atoms with Crippen LogP contribution >= 0.6 is 0 Å². The number of rotatable bonds is 4. The number of hydrogen-bond acceptors (Lipinski definition) is 7. The summed E-state index contributed by atoms with van der Waals surface area (Å²) in [6.45, 7) is 5.34. The summed E-state index contributed by atoms with van der Waals surface area (Å²) in [5.74, 6) is -5.88. The molecule has 6 atom stereocenters. The molecule has 0 aromatic heterocycles. The molecule has 3 aliphatic rings.